The maximum absolute atomic E-state index is 13.2. The Hall–Kier alpha value is -2.73. The molecule has 2 aromatic rings. The number of anilines is 1. The van der Waals surface area contributed by atoms with Gasteiger partial charge in [-0.15, -0.1) is 0 Å². The molecule has 2 heterocycles. The van der Waals surface area contributed by atoms with Gasteiger partial charge in [-0.3, -0.25) is 9.69 Å². The summed E-state index contributed by atoms with van der Waals surface area (Å²) in [6, 6.07) is 13.6. The fraction of sp³-hybridized carbons (Fsp3) is 0.273. The van der Waals surface area contributed by atoms with E-state index in [0.717, 1.165) is 33.5 Å². The Morgan fingerprint density at radius 2 is 1.89 bits per heavy atom. The molecule has 0 fully saturated rings. The summed E-state index contributed by atoms with van der Waals surface area (Å²) in [5.41, 5.74) is 3.26. The molecule has 0 unspecified atom stereocenters. The van der Waals surface area contributed by atoms with E-state index in [-0.39, 0.29) is 12.7 Å². The van der Waals surface area contributed by atoms with E-state index in [1.165, 1.54) is 0 Å². The van der Waals surface area contributed by atoms with Crippen LogP contribution in [0.15, 0.2) is 53.2 Å². The van der Waals surface area contributed by atoms with Gasteiger partial charge in [-0.05, 0) is 48.7 Å². The number of ether oxygens (including phenoxy) is 2. The van der Waals surface area contributed by atoms with Crippen molar-refractivity contribution in [3.8, 4) is 11.5 Å². The van der Waals surface area contributed by atoms with Crippen LogP contribution in [0.2, 0.25) is 0 Å². The van der Waals surface area contributed by atoms with Crippen LogP contribution in [-0.2, 0) is 4.79 Å². The standard InChI is InChI=1S/C22H22N2O3S/c1-14(2)12-28-22-23-18(10-16-6-9-19-20(11-16)27-13-26-19)21(25)24(22)17-7-4-15(3)5-8-17/h4-11,14H,12-13H2,1-3H3. The molecule has 2 aliphatic rings. The second kappa shape index (κ2) is 7.72. The fourth-order valence-electron chi connectivity index (χ4n) is 2.92. The van der Waals surface area contributed by atoms with Gasteiger partial charge in [-0.1, -0.05) is 49.4 Å². The summed E-state index contributed by atoms with van der Waals surface area (Å²) in [5, 5.41) is 0.717. The number of benzene rings is 2. The summed E-state index contributed by atoms with van der Waals surface area (Å²) in [7, 11) is 0. The summed E-state index contributed by atoms with van der Waals surface area (Å²) in [4.78, 5) is 19.5. The van der Waals surface area contributed by atoms with Crippen LogP contribution in [0.3, 0.4) is 0 Å². The Balaban J connectivity index is 1.67. The Kier molecular flexibility index (Phi) is 5.13. The zero-order valence-electron chi connectivity index (χ0n) is 16.1. The lowest BCUT2D eigenvalue weighted by molar-refractivity contribution is -0.113. The molecule has 0 bridgehead atoms. The first-order chi connectivity index (χ1) is 13.5. The van der Waals surface area contributed by atoms with Gasteiger partial charge in [0.15, 0.2) is 16.7 Å². The number of aliphatic imine (C=N–C) groups is 1. The summed E-state index contributed by atoms with van der Waals surface area (Å²) in [6.45, 7) is 6.57. The zero-order valence-corrected chi connectivity index (χ0v) is 17.0. The minimum atomic E-state index is -0.118. The van der Waals surface area contributed by atoms with Gasteiger partial charge in [-0.25, -0.2) is 4.99 Å². The highest BCUT2D eigenvalue weighted by Gasteiger charge is 2.32. The minimum absolute atomic E-state index is 0.118. The highest BCUT2D eigenvalue weighted by molar-refractivity contribution is 8.14. The van der Waals surface area contributed by atoms with Crippen LogP contribution in [0.4, 0.5) is 5.69 Å². The van der Waals surface area contributed by atoms with Gasteiger partial charge in [0.1, 0.15) is 5.70 Å². The molecule has 0 aromatic heterocycles. The molecule has 2 aliphatic heterocycles. The van der Waals surface area contributed by atoms with Crippen LogP contribution < -0.4 is 14.4 Å². The summed E-state index contributed by atoms with van der Waals surface area (Å²) >= 11 is 1.61. The number of fused-ring (bicyclic) bond motifs is 1. The van der Waals surface area contributed by atoms with Crippen LogP contribution >= 0.6 is 11.8 Å². The number of carbonyl (C=O) groups excluding carboxylic acids is 1. The van der Waals surface area contributed by atoms with Crippen molar-refractivity contribution in [3.63, 3.8) is 0 Å². The second-order valence-electron chi connectivity index (χ2n) is 7.22. The van der Waals surface area contributed by atoms with Crippen molar-refractivity contribution in [1.82, 2.24) is 0 Å². The molecule has 0 saturated carbocycles. The molecule has 0 spiro atoms. The smallest absolute Gasteiger partial charge is 0.283 e. The number of carbonyl (C=O) groups is 1. The largest absolute Gasteiger partial charge is 0.454 e. The van der Waals surface area contributed by atoms with Crippen LogP contribution in [-0.4, -0.2) is 23.6 Å². The lowest BCUT2D eigenvalue weighted by Crippen LogP contribution is -2.30. The van der Waals surface area contributed by atoms with Crippen molar-refractivity contribution in [2.75, 3.05) is 17.4 Å². The van der Waals surface area contributed by atoms with Crippen molar-refractivity contribution < 1.29 is 14.3 Å². The van der Waals surface area contributed by atoms with Crippen molar-refractivity contribution in [2.24, 2.45) is 10.9 Å². The predicted octanol–water partition coefficient (Wildman–Crippen LogP) is 4.86. The third-order valence-electron chi connectivity index (χ3n) is 4.37. The topological polar surface area (TPSA) is 51.1 Å². The molecule has 144 valence electrons. The van der Waals surface area contributed by atoms with Gasteiger partial charge in [0.2, 0.25) is 6.79 Å². The van der Waals surface area contributed by atoms with Gasteiger partial charge in [0.05, 0.1) is 5.69 Å². The van der Waals surface area contributed by atoms with Crippen LogP contribution in [0, 0.1) is 12.8 Å². The van der Waals surface area contributed by atoms with Gasteiger partial charge in [-0.2, -0.15) is 0 Å². The Morgan fingerprint density at radius 3 is 2.64 bits per heavy atom. The minimum Gasteiger partial charge on any atom is -0.454 e. The number of amidine groups is 1. The van der Waals surface area contributed by atoms with E-state index in [2.05, 4.69) is 18.8 Å². The first-order valence-corrected chi connectivity index (χ1v) is 10.2. The van der Waals surface area contributed by atoms with Crippen LogP contribution in [0.25, 0.3) is 6.08 Å². The van der Waals surface area contributed by atoms with E-state index in [1.807, 2.05) is 49.4 Å². The molecule has 4 rings (SSSR count). The summed E-state index contributed by atoms with van der Waals surface area (Å²) in [5.74, 6) is 2.69. The predicted molar refractivity (Wildman–Crippen MR) is 114 cm³/mol. The van der Waals surface area contributed by atoms with E-state index in [4.69, 9.17) is 9.47 Å². The van der Waals surface area contributed by atoms with Crippen molar-refractivity contribution in [2.45, 2.75) is 20.8 Å². The van der Waals surface area contributed by atoms with Gasteiger partial charge in [0.25, 0.3) is 5.91 Å². The van der Waals surface area contributed by atoms with Crippen LogP contribution in [0.5, 0.6) is 11.5 Å². The molecule has 5 nitrogen and oxygen atoms in total. The number of thioether (sulfide) groups is 1. The molecule has 0 N–H and O–H groups in total. The van der Waals surface area contributed by atoms with Gasteiger partial charge in [0, 0.05) is 5.75 Å². The Bertz CT molecular complexity index is 964. The molecule has 0 atom stereocenters. The summed E-state index contributed by atoms with van der Waals surface area (Å²) in [6.07, 6.45) is 1.80. The molecule has 0 aliphatic carbocycles. The van der Waals surface area contributed by atoms with Crippen molar-refractivity contribution in [3.05, 3.63) is 59.3 Å². The zero-order chi connectivity index (χ0) is 19.7. The number of rotatable bonds is 4. The molecule has 28 heavy (non-hydrogen) atoms. The van der Waals surface area contributed by atoms with E-state index >= 15 is 0 Å². The maximum Gasteiger partial charge on any atom is 0.283 e. The molecular weight excluding hydrogens is 372 g/mol. The van der Waals surface area contributed by atoms with Crippen molar-refractivity contribution >= 4 is 34.6 Å². The first-order valence-electron chi connectivity index (χ1n) is 9.25. The van der Waals surface area contributed by atoms with Gasteiger partial charge < -0.3 is 9.47 Å². The number of hydrogen-bond acceptors (Lipinski definition) is 5. The van der Waals surface area contributed by atoms with Crippen molar-refractivity contribution in [1.29, 1.82) is 0 Å². The number of aryl methyl sites for hydroxylation is 1. The fourth-order valence-corrected chi connectivity index (χ4v) is 3.88. The highest BCUT2D eigenvalue weighted by Crippen LogP contribution is 2.34. The van der Waals surface area contributed by atoms with Crippen LogP contribution in [0.1, 0.15) is 25.0 Å². The number of amides is 1. The Morgan fingerprint density at radius 1 is 1.14 bits per heavy atom. The van der Waals surface area contributed by atoms with E-state index < -0.39 is 0 Å². The monoisotopic (exact) mass is 394 g/mol. The van der Waals surface area contributed by atoms with E-state index in [9.17, 15) is 4.79 Å². The lowest BCUT2D eigenvalue weighted by Gasteiger charge is -2.18. The number of hydrogen-bond donors (Lipinski definition) is 0. The maximum atomic E-state index is 13.2. The molecule has 0 radical (unpaired) electrons. The molecular formula is C22H22N2O3S. The lowest BCUT2D eigenvalue weighted by atomic mass is 10.1. The number of nitrogens with zero attached hydrogens (tertiary/aromatic N) is 2. The summed E-state index contributed by atoms with van der Waals surface area (Å²) < 4.78 is 10.8. The third kappa shape index (κ3) is 3.78. The molecule has 2 aromatic carbocycles. The molecule has 0 saturated heterocycles. The average molecular weight is 394 g/mol. The Labute approximate surface area is 169 Å². The van der Waals surface area contributed by atoms with Gasteiger partial charge >= 0.3 is 0 Å². The average Bonchev–Trinajstić information content (AvgIpc) is 3.25. The van der Waals surface area contributed by atoms with E-state index in [0.29, 0.717) is 17.4 Å². The molecule has 6 heteroatoms. The van der Waals surface area contributed by atoms with E-state index in [1.54, 1.807) is 22.7 Å². The first kappa shape index (κ1) is 18.6. The molecule has 1 amide bonds. The SMILES string of the molecule is Cc1ccc(N2C(=O)C(=Cc3ccc4c(c3)OCO4)N=C2SCC(C)C)cc1. The highest BCUT2D eigenvalue weighted by atomic mass is 32.2. The third-order valence-corrected chi connectivity index (χ3v) is 5.73. The quantitative estimate of drug-likeness (QED) is 0.695. The second-order valence-corrected chi connectivity index (χ2v) is 8.20. The normalized spacial score (nSPS) is 17.0.